The van der Waals surface area contributed by atoms with E-state index < -0.39 is 5.82 Å². The summed E-state index contributed by atoms with van der Waals surface area (Å²) in [5.74, 6) is -0.401. The Bertz CT molecular complexity index is 515. The first-order valence-corrected chi connectivity index (χ1v) is 4.41. The van der Waals surface area contributed by atoms with Crippen LogP contribution in [-0.4, -0.2) is 4.98 Å². The van der Waals surface area contributed by atoms with Gasteiger partial charge in [-0.3, -0.25) is 4.98 Å². The second-order valence-corrected chi connectivity index (χ2v) is 3.05. The number of nitriles is 1. The molecule has 0 radical (unpaired) electrons. The van der Waals surface area contributed by atoms with Gasteiger partial charge in [-0.1, -0.05) is 12.1 Å². The Kier molecular flexibility index (Phi) is 2.42. The Hall–Kier alpha value is -2.21. The van der Waals surface area contributed by atoms with Crippen LogP contribution in [0, 0.1) is 17.1 Å². The van der Waals surface area contributed by atoms with Gasteiger partial charge in [0.25, 0.3) is 0 Å². The van der Waals surface area contributed by atoms with Gasteiger partial charge in [-0.05, 0) is 18.2 Å². The van der Waals surface area contributed by atoms with Crippen molar-refractivity contribution in [2.45, 2.75) is 0 Å². The second kappa shape index (κ2) is 3.89. The lowest BCUT2D eigenvalue weighted by Crippen LogP contribution is -1.86. The molecule has 0 aliphatic heterocycles. The molecule has 1 aromatic carbocycles. The summed E-state index contributed by atoms with van der Waals surface area (Å²) in [6.45, 7) is 0. The van der Waals surface area contributed by atoms with Gasteiger partial charge in [-0.25, -0.2) is 4.39 Å². The number of rotatable bonds is 1. The quantitative estimate of drug-likeness (QED) is 0.706. The lowest BCUT2D eigenvalue weighted by Gasteiger charge is -2.02. The molecule has 0 saturated carbocycles. The molecule has 0 spiro atoms. The zero-order valence-corrected chi connectivity index (χ0v) is 7.81. The smallest absolute Gasteiger partial charge is 0.132 e. The fourth-order valence-electron chi connectivity index (χ4n) is 1.34. The molecule has 2 rings (SSSR count). The number of halogens is 1. The van der Waals surface area contributed by atoms with Crippen LogP contribution < -0.4 is 0 Å². The van der Waals surface area contributed by atoms with Crippen molar-refractivity contribution in [1.82, 2.24) is 4.98 Å². The number of hydrogen-bond donors (Lipinski definition) is 0. The van der Waals surface area contributed by atoms with Crippen LogP contribution in [0.3, 0.4) is 0 Å². The van der Waals surface area contributed by atoms with Crippen LogP contribution in [0.15, 0.2) is 42.7 Å². The molecule has 0 bridgehead atoms. The molecule has 0 atom stereocenters. The van der Waals surface area contributed by atoms with Crippen molar-refractivity contribution in [3.8, 4) is 17.2 Å². The average molecular weight is 198 g/mol. The van der Waals surface area contributed by atoms with Gasteiger partial charge in [0, 0.05) is 23.5 Å². The van der Waals surface area contributed by atoms with Crippen LogP contribution in [0.4, 0.5) is 4.39 Å². The molecule has 0 aliphatic carbocycles. The lowest BCUT2D eigenvalue weighted by atomic mass is 10.1. The molecule has 2 nitrogen and oxygen atoms in total. The Morgan fingerprint density at radius 2 is 2.13 bits per heavy atom. The number of aromatic nitrogens is 1. The average Bonchev–Trinajstić information content (AvgIpc) is 2.30. The van der Waals surface area contributed by atoms with Crippen molar-refractivity contribution in [2.24, 2.45) is 0 Å². The van der Waals surface area contributed by atoms with Crippen LogP contribution in [0.25, 0.3) is 11.1 Å². The van der Waals surface area contributed by atoms with E-state index in [-0.39, 0.29) is 0 Å². The molecule has 0 amide bonds. The highest BCUT2D eigenvalue weighted by atomic mass is 19.1. The van der Waals surface area contributed by atoms with E-state index in [4.69, 9.17) is 5.26 Å². The van der Waals surface area contributed by atoms with Crippen LogP contribution >= 0.6 is 0 Å². The third kappa shape index (κ3) is 1.84. The summed E-state index contributed by atoms with van der Waals surface area (Å²) in [4.78, 5) is 3.91. The zero-order chi connectivity index (χ0) is 10.7. The predicted molar refractivity (Wildman–Crippen MR) is 54.3 cm³/mol. The second-order valence-electron chi connectivity index (χ2n) is 3.05. The normalized spacial score (nSPS) is 9.60. The first-order valence-electron chi connectivity index (χ1n) is 4.41. The number of pyridine rings is 1. The maximum Gasteiger partial charge on any atom is 0.132 e. The van der Waals surface area contributed by atoms with E-state index in [0.29, 0.717) is 16.7 Å². The molecule has 0 unspecified atom stereocenters. The van der Waals surface area contributed by atoms with E-state index in [9.17, 15) is 4.39 Å². The van der Waals surface area contributed by atoms with Crippen LogP contribution in [-0.2, 0) is 0 Å². The van der Waals surface area contributed by atoms with Gasteiger partial charge >= 0.3 is 0 Å². The minimum absolute atomic E-state index is 0.320. The fourth-order valence-corrected chi connectivity index (χ4v) is 1.34. The predicted octanol–water partition coefficient (Wildman–Crippen LogP) is 2.76. The van der Waals surface area contributed by atoms with Crippen molar-refractivity contribution in [1.29, 1.82) is 5.26 Å². The lowest BCUT2D eigenvalue weighted by molar-refractivity contribution is 0.631. The van der Waals surface area contributed by atoms with E-state index >= 15 is 0 Å². The summed E-state index contributed by atoms with van der Waals surface area (Å²) in [7, 11) is 0. The largest absolute Gasteiger partial charge is 0.264 e. The van der Waals surface area contributed by atoms with Gasteiger partial charge in [0.2, 0.25) is 0 Å². The summed E-state index contributed by atoms with van der Waals surface area (Å²) in [5, 5.41) is 8.59. The molecule has 1 aromatic heterocycles. The third-order valence-corrected chi connectivity index (χ3v) is 2.07. The highest BCUT2D eigenvalue weighted by molar-refractivity contribution is 5.63. The standard InChI is InChI=1S/C12H7FN2/c13-12-6-9(7-14)3-4-11(12)10-2-1-5-15-8-10/h1-6,8H. The molecule has 0 aliphatic rings. The molecule has 0 saturated heterocycles. The van der Waals surface area contributed by atoms with Gasteiger partial charge in [0.15, 0.2) is 0 Å². The first-order chi connectivity index (χ1) is 7.31. The molecule has 15 heavy (non-hydrogen) atoms. The fraction of sp³-hybridized carbons (Fsp3) is 0. The van der Waals surface area contributed by atoms with E-state index in [0.717, 1.165) is 0 Å². The molecular formula is C12H7FN2. The van der Waals surface area contributed by atoms with E-state index in [2.05, 4.69) is 4.98 Å². The van der Waals surface area contributed by atoms with Crippen molar-refractivity contribution in [2.75, 3.05) is 0 Å². The van der Waals surface area contributed by atoms with Crippen LogP contribution in [0.5, 0.6) is 0 Å². The molecular weight excluding hydrogens is 191 g/mol. The van der Waals surface area contributed by atoms with E-state index in [1.54, 1.807) is 36.7 Å². The van der Waals surface area contributed by atoms with Crippen LogP contribution in [0.1, 0.15) is 5.56 Å². The topological polar surface area (TPSA) is 36.7 Å². The summed E-state index contributed by atoms with van der Waals surface area (Å²) in [6.07, 6.45) is 3.22. The van der Waals surface area contributed by atoms with Gasteiger partial charge in [-0.2, -0.15) is 5.26 Å². The summed E-state index contributed by atoms with van der Waals surface area (Å²) in [6, 6.07) is 9.81. The summed E-state index contributed by atoms with van der Waals surface area (Å²) in [5.41, 5.74) is 1.49. The van der Waals surface area contributed by atoms with Gasteiger partial charge in [0.1, 0.15) is 5.82 Å². The van der Waals surface area contributed by atoms with Crippen molar-refractivity contribution in [3.05, 3.63) is 54.1 Å². The highest BCUT2D eigenvalue weighted by Gasteiger charge is 2.05. The van der Waals surface area contributed by atoms with Crippen molar-refractivity contribution in [3.63, 3.8) is 0 Å². The van der Waals surface area contributed by atoms with Crippen LogP contribution in [0.2, 0.25) is 0 Å². The summed E-state index contributed by atoms with van der Waals surface area (Å²) < 4.78 is 13.5. The SMILES string of the molecule is N#Cc1ccc(-c2cccnc2)c(F)c1. The Labute approximate surface area is 86.6 Å². The monoisotopic (exact) mass is 198 g/mol. The minimum atomic E-state index is -0.401. The highest BCUT2D eigenvalue weighted by Crippen LogP contribution is 2.22. The third-order valence-electron chi connectivity index (χ3n) is 2.07. The van der Waals surface area contributed by atoms with Crippen molar-refractivity contribution >= 4 is 0 Å². The number of nitrogens with zero attached hydrogens (tertiary/aromatic N) is 2. The molecule has 1 heterocycles. The van der Waals surface area contributed by atoms with E-state index in [1.165, 1.54) is 6.07 Å². The zero-order valence-electron chi connectivity index (χ0n) is 7.81. The Morgan fingerprint density at radius 3 is 2.73 bits per heavy atom. The maximum atomic E-state index is 13.5. The minimum Gasteiger partial charge on any atom is -0.264 e. The number of benzene rings is 1. The maximum absolute atomic E-state index is 13.5. The van der Waals surface area contributed by atoms with Gasteiger partial charge in [0.05, 0.1) is 11.6 Å². The number of hydrogen-bond acceptors (Lipinski definition) is 2. The molecule has 2 aromatic rings. The van der Waals surface area contributed by atoms with Crippen molar-refractivity contribution < 1.29 is 4.39 Å². The van der Waals surface area contributed by atoms with Gasteiger partial charge < -0.3 is 0 Å². The Morgan fingerprint density at radius 1 is 1.27 bits per heavy atom. The summed E-state index contributed by atoms with van der Waals surface area (Å²) >= 11 is 0. The molecule has 0 N–H and O–H groups in total. The molecule has 0 fully saturated rings. The van der Waals surface area contributed by atoms with E-state index in [1.807, 2.05) is 6.07 Å². The Balaban J connectivity index is 2.52. The first kappa shape index (κ1) is 9.35. The molecule has 3 heteroatoms. The van der Waals surface area contributed by atoms with Gasteiger partial charge in [-0.15, -0.1) is 0 Å². The molecule has 72 valence electrons.